The van der Waals surface area contributed by atoms with E-state index in [0.29, 0.717) is 10.0 Å². The Hall–Kier alpha value is -0.470. The van der Waals surface area contributed by atoms with Gasteiger partial charge in [0.1, 0.15) is 5.82 Å². The van der Waals surface area contributed by atoms with Gasteiger partial charge in [-0.25, -0.2) is 4.98 Å². The maximum atomic E-state index is 5.87. The van der Waals surface area contributed by atoms with E-state index in [2.05, 4.69) is 31.1 Å². The molecule has 0 saturated carbocycles. The van der Waals surface area contributed by atoms with Crippen molar-refractivity contribution in [1.29, 1.82) is 0 Å². The first kappa shape index (κ1) is 11.6. The quantitative estimate of drug-likeness (QED) is 0.853. The van der Waals surface area contributed by atoms with Gasteiger partial charge >= 0.3 is 0 Å². The zero-order valence-electron chi connectivity index (χ0n) is 8.56. The third-order valence-corrected chi connectivity index (χ3v) is 2.87. The second kappa shape index (κ2) is 4.37. The molecule has 0 aliphatic heterocycles. The Morgan fingerprint density at radius 2 is 2.00 bits per heavy atom. The summed E-state index contributed by atoms with van der Waals surface area (Å²) in [5.74, 6) is 0.756. The number of aromatic nitrogens is 1. The molecule has 0 aromatic carbocycles. The number of pyridine rings is 1. The van der Waals surface area contributed by atoms with E-state index in [1.165, 1.54) is 0 Å². The second-order valence-corrected chi connectivity index (χ2v) is 4.66. The van der Waals surface area contributed by atoms with Crippen LogP contribution in [-0.4, -0.2) is 10.5 Å². The third-order valence-electron chi connectivity index (χ3n) is 2.16. The van der Waals surface area contributed by atoms with E-state index < -0.39 is 0 Å². The number of hydrogen-bond donors (Lipinski definition) is 1. The fourth-order valence-corrected chi connectivity index (χ4v) is 1.17. The number of nitrogens with zero attached hydrogens (tertiary/aromatic N) is 1. The summed E-state index contributed by atoms with van der Waals surface area (Å²) in [6.45, 7) is 6.33. The predicted molar refractivity (Wildman–Crippen MR) is 62.2 cm³/mol. The van der Waals surface area contributed by atoms with Crippen LogP contribution in [0.3, 0.4) is 0 Å². The highest BCUT2D eigenvalue weighted by Gasteiger charge is 2.15. The van der Waals surface area contributed by atoms with Gasteiger partial charge in [0.15, 0.2) is 0 Å². The van der Waals surface area contributed by atoms with Gasteiger partial charge in [-0.3, -0.25) is 0 Å². The third kappa shape index (κ3) is 3.03. The lowest BCUT2D eigenvalue weighted by Crippen LogP contribution is -2.30. The molecule has 0 unspecified atom stereocenters. The van der Waals surface area contributed by atoms with Crippen molar-refractivity contribution >= 4 is 29.0 Å². The topological polar surface area (TPSA) is 24.9 Å². The maximum absolute atomic E-state index is 5.87. The van der Waals surface area contributed by atoms with E-state index in [-0.39, 0.29) is 5.54 Å². The van der Waals surface area contributed by atoms with Crippen LogP contribution < -0.4 is 5.32 Å². The molecule has 0 bridgehead atoms. The summed E-state index contributed by atoms with van der Waals surface area (Å²) in [6, 6.07) is 1.74. The molecule has 4 heteroatoms. The Morgan fingerprint density at radius 1 is 1.36 bits per heavy atom. The van der Waals surface area contributed by atoms with Crippen molar-refractivity contribution in [2.45, 2.75) is 32.7 Å². The summed E-state index contributed by atoms with van der Waals surface area (Å²) in [5, 5.41) is 4.28. The number of halogens is 2. The molecule has 1 heterocycles. The molecule has 0 amide bonds. The minimum Gasteiger partial charge on any atom is -0.365 e. The molecule has 1 aromatic heterocycles. The smallest absolute Gasteiger partial charge is 0.127 e. The van der Waals surface area contributed by atoms with Gasteiger partial charge in [-0.15, -0.1) is 0 Å². The summed E-state index contributed by atoms with van der Waals surface area (Å²) in [5.41, 5.74) is 0.0180. The zero-order valence-corrected chi connectivity index (χ0v) is 10.1. The molecule has 2 nitrogen and oxygen atoms in total. The number of anilines is 1. The Morgan fingerprint density at radius 3 is 2.50 bits per heavy atom. The lowest BCUT2D eigenvalue weighted by molar-refractivity contribution is 0.545. The van der Waals surface area contributed by atoms with Gasteiger partial charge in [-0.05, 0) is 20.3 Å². The zero-order chi connectivity index (χ0) is 10.8. The molecule has 78 valence electrons. The largest absolute Gasteiger partial charge is 0.365 e. The van der Waals surface area contributed by atoms with Crippen molar-refractivity contribution in [2.24, 2.45) is 0 Å². The highest BCUT2D eigenvalue weighted by molar-refractivity contribution is 6.42. The van der Waals surface area contributed by atoms with E-state index in [1.807, 2.05) is 0 Å². The van der Waals surface area contributed by atoms with Crippen LogP contribution in [0.15, 0.2) is 12.3 Å². The molecule has 1 aromatic rings. The molecule has 1 rings (SSSR count). The standard InChI is InChI=1S/C10H14Cl2N2/c1-4-10(2,3)14-9-5-7(11)8(12)6-13-9/h5-6H,4H2,1-3H3,(H,13,14). The molecule has 0 aliphatic rings. The summed E-state index contributed by atoms with van der Waals surface area (Å²) in [6.07, 6.45) is 2.56. The number of hydrogen-bond acceptors (Lipinski definition) is 2. The van der Waals surface area contributed by atoms with Crippen molar-refractivity contribution in [3.63, 3.8) is 0 Å². The molecule has 0 saturated heterocycles. The van der Waals surface area contributed by atoms with Crippen LogP contribution in [0.2, 0.25) is 10.0 Å². The first-order valence-electron chi connectivity index (χ1n) is 4.54. The van der Waals surface area contributed by atoms with Gasteiger partial charge in [0.05, 0.1) is 10.0 Å². The van der Waals surface area contributed by atoms with Gasteiger partial charge in [0.2, 0.25) is 0 Å². The molecule has 1 N–H and O–H groups in total. The van der Waals surface area contributed by atoms with E-state index in [9.17, 15) is 0 Å². The molecule has 0 radical (unpaired) electrons. The molecule has 0 aliphatic carbocycles. The van der Waals surface area contributed by atoms with E-state index in [1.54, 1.807) is 12.3 Å². The fourth-order valence-electron chi connectivity index (χ4n) is 0.918. The van der Waals surface area contributed by atoms with Gasteiger partial charge < -0.3 is 5.32 Å². The van der Waals surface area contributed by atoms with E-state index in [4.69, 9.17) is 23.2 Å². The van der Waals surface area contributed by atoms with E-state index in [0.717, 1.165) is 12.2 Å². The monoisotopic (exact) mass is 232 g/mol. The highest BCUT2D eigenvalue weighted by atomic mass is 35.5. The van der Waals surface area contributed by atoms with Crippen molar-refractivity contribution < 1.29 is 0 Å². The SMILES string of the molecule is CCC(C)(C)Nc1cc(Cl)c(Cl)cn1. The first-order chi connectivity index (χ1) is 6.44. The molecule has 0 spiro atoms. The van der Waals surface area contributed by atoms with Crippen LogP contribution in [-0.2, 0) is 0 Å². The maximum Gasteiger partial charge on any atom is 0.127 e. The van der Waals surface area contributed by atoms with Crippen LogP contribution >= 0.6 is 23.2 Å². The van der Waals surface area contributed by atoms with Crippen molar-refractivity contribution in [3.05, 3.63) is 22.3 Å². The lowest BCUT2D eigenvalue weighted by atomic mass is 10.0. The second-order valence-electron chi connectivity index (χ2n) is 3.85. The lowest BCUT2D eigenvalue weighted by Gasteiger charge is -2.25. The summed E-state index contributed by atoms with van der Waals surface area (Å²) < 4.78 is 0. The Labute approximate surface area is 94.6 Å². The Balaban J connectivity index is 2.83. The van der Waals surface area contributed by atoms with E-state index >= 15 is 0 Å². The highest BCUT2D eigenvalue weighted by Crippen LogP contribution is 2.24. The predicted octanol–water partition coefficient (Wildman–Crippen LogP) is 3.99. The van der Waals surface area contributed by atoms with Crippen LogP contribution in [0.4, 0.5) is 5.82 Å². The Bertz CT molecular complexity index is 324. The molecule has 14 heavy (non-hydrogen) atoms. The normalized spacial score (nSPS) is 11.5. The van der Waals surface area contributed by atoms with Crippen LogP contribution in [0, 0.1) is 0 Å². The van der Waals surface area contributed by atoms with Crippen LogP contribution in [0.1, 0.15) is 27.2 Å². The summed E-state index contributed by atoms with van der Waals surface area (Å²) in [4.78, 5) is 4.14. The minimum absolute atomic E-state index is 0.0180. The summed E-state index contributed by atoms with van der Waals surface area (Å²) >= 11 is 11.6. The van der Waals surface area contributed by atoms with Crippen LogP contribution in [0.5, 0.6) is 0 Å². The average Bonchev–Trinajstić information content (AvgIpc) is 2.11. The number of rotatable bonds is 3. The molecule has 0 fully saturated rings. The summed E-state index contributed by atoms with van der Waals surface area (Å²) in [7, 11) is 0. The van der Waals surface area contributed by atoms with Crippen molar-refractivity contribution in [1.82, 2.24) is 4.98 Å². The fraction of sp³-hybridized carbons (Fsp3) is 0.500. The van der Waals surface area contributed by atoms with Crippen LogP contribution in [0.25, 0.3) is 0 Å². The number of nitrogens with one attached hydrogen (secondary N) is 1. The van der Waals surface area contributed by atoms with Gasteiger partial charge in [0, 0.05) is 17.8 Å². The van der Waals surface area contributed by atoms with Gasteiger partial charge in [-0.2, -0.15) is 0 Å². The molecular weight excluding hydrogens is 219 g/mol. The van der Waals surface area contributed by atoms with Crippen molar-refractivity contribution in [3.8, 4) is 0 Å². The molecule has 0 atom stereocenters. The first-order valence-corrected chi connectivity index (χ1v) is 5.29. The molecular formula is C10H14Cl2N2. The average molecular weight is 233 g/mol. The minimum atomic E-state index is 0.0180. The Kier molecular flexibility index (Phi) is 3.62. The van der Waals surface area contributed by atoms with Gasteiger partial charge in [-0.1, -0.05) is 30.1 Å². The van der Waals surface area contributed by atoms with Gasteiger partial charge in [0.25, 0.3) is 0 Å². The van der Waals surface area contributed by atoms with Crippen molar-refractivity contribution in [2.75, 3.05) is 5.32 Å².